The van der Waals surface area contributed by atoms with Gasteiger partial charge in [0.1, 0.15) is 11.5 Å². The lowest BCUT2D eigenvalue weighted by Crippen LogP contribution is -2.34. The van der Waals surface area contributed by atoms with Crippen molar-refractivity contribution in [1.82, 2.24) is 9.38 Å². The monoisotopic (exact) mass is 215 g/mol. The summed E-state index contributed by atoms with van der Waals surface area (Å²) < 4.78 is 2.10. The van der Waals surface area contributed by atoms with Crippen LogP contribution in [0.5, 0.6) is 0 Å². The number of hydrogen-bond acceptors (Lipinski definition) is 2. The third-order valence-electron chi connectivity index (χ3n) is 3.48. The Morgan fingerprint density at radius 2 is 2.19 bits per heavy atom. The van der Waals surface area contributed by atoms with E-state index in [0.717, 1.165) is 17.4 Å². The molecule has 1 fully saturated rings. The van der Waals surface area contributed by atoms with Crippen molar-refractivity contribution >= 4 is 11.5 Å². The molecule has 0 unspecified atom stereocenters. The molecule has 1 N–H and O–H groups in total. The van der Waals surface area contributed by atoms with Crippen LogP contribution in [0.3, 0.4) is 0 Å². The van der Waals surface area contributed by atoms with Crippen LogP contribution in [0.1, 0.15) is 26.7 Å². The Bertz CT molecular complexity index is 509. The summed E-state index contributed by atoms with van der Waals surface area (Å²) >= 11 is 0. The quantitative estimate of drug-likeness (QED) is 0.853. The summed E-state index contributed by atoms with van der Waals surface area (Å²) in [5.74, 6) is 1.94. The minimum absolute atomic E-state index is 0.179. The van der Waals surface area contributed by atoms with Crippen molar-refractivity contribution in [1.29, 1.82) is 0 Å². The van der Waals surface area contributed by atoms with Gasteiger partial charge in [0.15, 0.2) is 0 Å². The number of pyridine rings is 1. The lowest BCUT2D eigenvalue weighted by molar-refractivity contribution is 0.492. The zero-order valence-electron chi connectivity index (χ0n) is 9.77. The van der Waals surface area contributed by atoms with Crippen LogP contribution in [-0.2, 0) is 0 Å². The maximum Gasteiger partial charge on any atom is 0.138 e. The van der Waals surface area contributed by atoms with E-state index >= 15 is 0 Å². The van der Waals surface area contributed by atoms with Crippen LogP contribution in [0.4, 0.5) is 5.82 Å². The van der Waals surface area contributed by atoms with Gasteiger partial charge in [-0.05, 0) is 44.7 Å². The molecule has 84 valence electrons. The molecule has 0 atom stereocenters. The number of imidazole rings is 1. The van der Waals surface area contributed by atoms with Gasteiger partial charge in [-0.1, -0.05) is 6.07 Å². The van der Waals surface area contributed by atoms with Crippen molar-refractivity contribution in [2.45, 2.75) is 32.2 Å². The second-order valence-electron chi connectivity index (χ2n) is 5.19. The van der Waals surface area contributed by atoms with E-state index in [9.17, 15) is 0 Å². The lowest BCUT2D eigenvalue weighted by atomic mass is 9.99. The molecule has 2 heterocycles. The van der Waals surface area contributed by atoms with Gasteiger partial charge in [-0.2, -0.15) is 0 Å². The van der Waals surface area contributed by atoms with Crippen molar-refractivity contribution in [3.05, 3.63) is 30.6 Å². The van der Waals surface area contributed by atoms with Gasteiger partial charge < -0.3 is 5.32 Å². The Hall–Kier alpha value is -1.51. The molecule has 16 heavy (non-hydrogen) atoms. The van der Waals surface area contributed by atoms with E-state index in [0.29, 0.717) is 0 Å². The second-order valence-corrected chi connectivity index (χ2v) is 5.19. The van der Waals surface area contributed by atoms with E-state index in [1.165, 1.54) is 12.8 Å². The molecule has 1 saturated carbocycles. The first-order chi connectivity index (χ1) is 7.67. The molecule has 1 aliphatic rings. The Labute approximate surface area is 95.5 Å². The number of anilines is 1. The molecular weight excluding hydrogens is 198 g/mol. The molecule has 0 aliphatic heterocycles. The largest absolute Gasteiger partial charge is 0.366 e. The minimum atomic E-state index is 0.179. The number of fused-ring (bicyclic) bond motifs is 1. The summed E-state index contributed by atoms with van der Waals surface area (Å²) in [4.78, 5) is 4.29. The molecule has 0 spiro atoms. The van der Waals surface area contributed by atoms with Gasteiger partial charge in [-0.3, -0.25) is 4.40 Å². The Balaban J connectivity index is 1.96. The molecule has 3 rings (SSSR count). The van der Waals surface area contributed by atoms with E-state index in [2.05, 4.69) is 34.6 Å². The smallest absolute Gasteiger partial charge is 0.138 e. The second kappa shape index (κ2) is 3.24. The van der Waals surface area contributed by atoms with E-state index in [-0.39, 0.29) is 5.54 Å². The molecule has 0 radical (unpaired) electrons. The zero-order chi connectivity index (χ0) is 11.2. The molecule has 2 aromatic heterocycles. The summed E-state index contributed by atoms with van der Waals surface area (Å²) in [6.07, 6.45) is 6.53. The third-order valence-corrected chi connectivity index (χ3v) is 3.48. The van der Waals surface area contributed by atoms with E-state index in [4.69, 9.17) is 0 Å². The van der Waals surface area contributed by atoms with Crippen molar-refractivity contribution in [3.8, 4) is 0 Å². The highest BCUT2D eigenvalue weighted by atomic mass is 15.1. The van der Waals surface area contributed by atoms with Gasteiger partial charge in [0, 0.05) is 17.9 Å². The molecule has 0 aromatic carbocycles. The predicted octanol–water partition coefficient (Wildman–Crippen LogP) is 2.93. The molecule has 2 aromatic rings. The topological polar surface area (TPSA) is 29.3 Å². The van der Waals surface area contributed by atoms with Crippen LogP contribution in [0.2, 0.25) is 0 Å². The van der Waals surface area contributed by atoms with Crippen LogP contribution >= 0.6 is 0 Å². The van der Waals surface area contributed by atoms with E-state index in [1.54, 1.807) is 0 Å². The molecule has 0 saturated heterocycles. The summed E-state index contributed by atoms with van der Waals surface area (Å²) in [6, 6.07) is 6.18. The van der Waals surface area contributed by atoms with Crippen molar-refractivity contribution in [2.75, 3.05) is 5.32 Å². The van der Waals surface area contributed by atoms with Crippen molar-refractivity contribution in [3.63, 3.8) is 0 Å². The fourth-order valence-electron chi connectivity index (χ4n) is 2.29. The number of nitrogens with one attached hydrogen (secondary N) is 1. The average molecular weight is 215 g/mol. The first kappa shape index (κ1) is 9.70. The van der Waals surface area contributed by atoms with Crippen LogP contribution < -0.4 is 5.32 Å². The number of hydrogen-bond donors (Lipinski definition) is 1. The van der Waals surface area contributed by atoms with Gasteiger partial charge in [0.2, 0.25) is 0 Å². The summed E-state index contributed by atoms with van der Waals surface area (Å²) in [6.45, 7) is 4.56. The molecule has 1 aliphatic carbocycles. The van der Waals surface area contributed by atoms with Crippen LogP contribution in [0.25, 0.3) is 5.65 Å². The molecular formula is C13H17N3. The fraction of sp³-hybridized carbons (Fsp3) is 0.462. The summed E-state index contributed by atoms with van der Waals surface area (Å²) in [5, 5.41) is 3.63. The predicted molar refractivity (Wildman–Crippen MR) is 65.6 cm³/mol. The third kappa shape index (κ3) is 1.56. The van der Waals surface area contributed by atoms with Gasteiger partial charge in [-0.15, -0.1) is 0 Å². The van der Waals surface area contributed by atoms with Crippen molar-refractivity contribution in [2.24, 2.45) is 5.92 Å². The fourth-order valence-corrected chi connectivity index (χ4v) is 2.29. The molecule has 3 nitrogen and oxygen atoms in total. The van der Waals surface area contributed by atoms with E-state index < -0.39 is 0 Å². The maximum absolute atomic E-state index is 4.29. The Morgan fingerprint density at radius 3 is 2.94 bits per heavy atom. The minimum Gasteiger partial charge on any atom is -0.366 e. The number of aromatic nitrogens is 2. The van der Waals surface area contributed by atoms with Gasteiger partial charge >= 0.3 is 0 Å². The first-order valence-corrected chi connectivity index (χ1v) is 5.87. The molecule has 0 amide bonds. The standard InChI is InChI=1S/C13H17N3/c1-13(2,10-6-7-10)15-12-5-3-4-11-14-8-9-16(11)12/h3-5,8-10,15H,6-7H2,1-2H3. The van der Waals surface area contributed by atoms with Crippen LogP contribution in [-0.4, -0.2) is 14.9 Å². The average Bonchev–Trinajstić information content (AvgIpc) is 2.98. The molecule has 0 bridgehead atoms. The highest BCUT2D eigenvalue weighted by Gasteiger charge is 2.37. The van der Waals surface area contributed by atoms with Gasteiger partial charge in [0.25, 0.3) is 0 Å². The van der Waals surface area contributed by atoms with Crippen LogP contribution in [0.15, 0.2) is 30.6 Å². The highest BCUT2D eigenvalue weighted by Crippen LogP contribution is 2.41. The van der Waals surface area contributed by atoms with Gasteiger partial charge in [0.05, 0.1) is 0 Å². The number of rotatable bonds is 3. The van der Waals surface area contributed by atoms with E-state index in [1.807, 2.05) is 24.5 Å². The molecule has 3 heteroatoms. The first-order valence-electron chi connectivity index (χ1n) is 5.87. The summed E-state index contributed by atoms with van der Waals surface area (Å²) in [5.41, 5.74) is 1.18. The normalized spacial score (nSPS) is 16.6. The van der Waals surface area contributed by atoms with Gasteiger partial charge in [-0.25, -0.2) is 4.98 Å². The number of nitrogens with zero attached hydrogens (tertiary/aromatic N) is 2. The highest BCUT2D eigenvalue weighted by molar-refractivity contribution is 5.51. The Morgan fingerprint density at radius 1 is 1.38 bits per heavy atom. The zero-order valence-corrected chi connectivity index (χ0v) is 9.77. The SMILES string of the molecule is CC(C)(Nc1cccc2nccn12)C1CC1. The van der Waals surface area contributed by atoms with Crippen molar-refractivity contribution < 1.29 is 0 Å². The van der Waals surface area contributed by atoms with Crippen LogP contribution in [0, 0.1) is 5.92 Å². The Kier molecular flexibility index (Phi) is 1.96. The maximum atomic E-state index is 4.29. The lowest BCUT2D eigenvalue weighted by Gasteiger charge is -2.27. The summed E-state index contributed by atoms with van der Waals surface area (Å²) in [7, 11) is 0.